The third-order valence-electron chi connectivity index (χ3n) is 1.99. The van der Waals surface area contributed by atoms with Gasteiger partial charge in [-0.15, -0.1) is 21.5 Å². The van der Waals surface area contributed by atoms with E-state index in [2.05, 4.69) is 10.2 Å². The molecule has 18 heavy (non-hydrogen) atoms. The molecule has 0 saturated carbocycles. The van der Waals surface area contributed by atoms with E-state index in [0.717, 1.165) is 23.1 Å². The number of rotatable bonds is 4. The average molecular weight is 287 g/mol. The van der Waals surface area contributed by atoms with Gasteiger partial charge in [0.15, 0.2) is 0 Å². The molecule has 0 bridgehead atoms. The summed E-state index contributed by atoms with van der Waals surface area (Å²) < 4.78 is 5.57. The zero-order valence-electron chi connectivity index (χ0n) is 9.48. The molecule has 0 aromatic carbocycles. The minimum Gasteiger partial charge on any atom is -0.416 e. The van der Waals surface area contributed by atoms with E-state index >= 15 is 0 Å². The van der Waals surface area contributed by atoms with Gasteiger partial charge in [0.05, 0.1) is 11.0 Å². The first-order valence-corrected chi connectivity index (χ1v) is 6.55. The quantitative estimate of drug-likeness (QED) is 0.680. The van der Waals surface area contributed by atoms with Crippen molar-refractivity contribution in [3.63, 3.8) is 0 Å². The fraction of sp³-hybridized carbons (Fsp3) is 0.333. The normalized spacial score (nSPS) is 12.6. The van der Waals surface area contributed by atoms with E-state index in [4.69, 9.17) is 4.42 Å². The summed E-state index contributed by atoms with van der Waals surface area (Å²) >= 11 is 2.17. The van der Waals surface area contributed by atoms with Gasteiger partial charge < -0.3 is 9.52 Å². The lowest BCUT2D eigenvalue weighted by Crippen LogP contribution is -1.87. The first-order chi connectivity index (χ1) is 8.47. The van der Waals surface area contributed by atoms with Crippen LogP contribution in [0.4, 0.5) is 5.69 Å². The Morgan fingerprint density at radius 1 is 1.61 bits per heavy atom. The van der Waals surface area contributed by atoms with Crippen LogP contribution in [0.25, 0.3) is 0 Å². The highest BCUT2D eigenvalue weighted by molar-refractivity contribution is 8.01. The predicted molar refractivity (Wildman–Crippen MR) is 64.8 cm³/mol. The van der Waals surface area contributed by atoms with E-state index in [1.54, 1.807) is 13.8 Å². The molecule has 0 amide bonds. The second-order valence-corrected chi connectivity index (χ2v) is 5.75. The zero-order chi connectivity index (χ0) is 13.3. The number of thiophene rings is 1. The van der Waals surface area contributed by atoms with Crippen LogP contribution in [0.3, 0.4) is 0 Å². The molecule has 0 aliphatic carbocycles. The zero-order valence-corrected chi connectivity index (χ0v) is 11.1. The van der Waals surface area contributed by atoms with Crippen LogP contribution in [0.2, 0.25) is 0 Å². The first-order valence-electron chi connectivity index (χ1n) is 4.91. The van der Waals surface area contributed by atoms with E-state index in [1.807, 2.05) is 0 Å². The van der Waals surface area contributed by atoms with E-state index < -0.39 is 11.0 Å². The lowest BCUT2D eigenvalue weighted by molar-refractivity contribution is -0.387. The van der Waals surface area contributed by atoms with Gasteiger partial charge in [-0.05, 0) is 18.7 Å². The molecule has 0 aliphatic heterocycles. The number of aryl methyl sites for hydroxylation is 1. The van der Waals surface area contributed by atoms with Gasteiger partial charge in [0.2, 0.25) is 5.89 Å². The summed E-state index contributed by atoms with van der Waals surface area (Å²) in [6.07, 6.45) is -0.743. The standard InChI is InChI=1S/C9H9N3O4S2/c1-4(13)7-3-6(12(14)15)8(17-7)18-9-11-10-5(2)16-9/h3-4,13H,1-2H3/t4-/m0/s1. The summed E-state index contributed by atoms with van der Waals surface area (Å²) in [5, 5.41) is 28.0. The van der Waals surface area contributed by atoms with Crippen molar-refractivity contribution < 1.29 is 14.4 Å². The molecule has 9 heteroatoms. The van der Waals surface area contributed by atoms with Crippen LogP contribution in [0.15, 0.2) is 19.9 Å². The van der Waals surface area contributed by atoms with Crippen LogP contribution in [-0.4, -0.2) is 20.2 Å². The maximum absolute atomic E-state index is 10.9. The van der Waals surface area contributed by atoms with Crippen molar-refractivity contribution >= 4 is 28.8 Å². The van der Waals surface area contributed by atoms with Crippen LogP contribution < -0.4 is 0 Å². The molecule has 96 valence electrons. The monoisotopic (exact) mass is 287 g/mol. The number of hydrogen-bond acceptors (Lipinski definition) is 8. The Kier molecular flexibility index (Phi) is 3.64. The molecule has 0 radical (unpaired) electrons. The summed E-state index contributed by atoms with van der Waals surface area (Å²) in [6.45, 7) is 3.20. The van der Waals surface area contributed by atoms with Gasteiger partial charge in [0, 0.05) is 17.9 Å². The number of aromatic nitrogens is 2. The van der Waals surface area contributed by atoms with Crippen molar-refractivity contribution in [1.82, 2.24) is 10.2 Å². The Hall–Kier alpha value is -1.45. The molecule has 2 aromatic heterocycles. The Balaban J connectivity index is 2.33. The number of hydrogen-bond donors (Lipinski definition) is 1. The molecular formula is C9H9N3O4S2. The van der Waals surface area contributed by atoms with Crippen LogP contribution in [0.1, 0.15) is 23.8 Å². The van der Waals surface area contributed by atoms with E-state index in [-0.39, 0.29) is 10.9 Å². The van der Waals surface area contributed by atoms with Crippen LogP contribution in [0, 0.1) is 17.0 Å². The van der Waals surface area contributed by atoms with Gasteiger partial charge in [-0.3, -0.25) is 10.1 Å². The van der Waals surface area contributed by atoms with Gasteiger partial charge in [0.25, 0.3) is 10.9 Å². The molecule has 1 atom stereocenters. The molecule has 2 rings (SSSR count). The van der Waals surface area contributed by atoms with Gasteiger partial charge >= 0.3 is 0 Å². The molecule has 0 unspecified atom stereocenters. The molecule has 2 aromatic rings. The number of aliphatic hydroxyl groups is 1. The second kappa shape index (κ2) is 5.04. The van der Waals surface area contributed by atoms with Crippen molar-refractivity contribution in [2.24, 2.45) is 0 Å². The van der Waals surface area contributed by atoms with Crippen molar-refractivity contribution in [3.05, 3.63) is 26.9 Å². The minimum absolute atomic E-state index is 0.0586. The molecular weight excluding hydrogens is 278 g/mol. The fourth-order valence-electron chi connectivity index (χ4n) is 1.19. The number of aliphatic hydroxyl groups excluding tert-OH is 1. The molecule has 0 spiro atoms. The van der Waals surface area contributed by atoms with Gasteiger partial charge in [-0.25, -0.2) is 0 Å². The van der Waals surface area contributed by atoms with Crippen molar-refractivity contribution in [2.45, 2.75) is 29.4 Å². The largest absolute Gasteiger partial charge is 0.416 e. The Morgan fingerprint density at radius 2 is 2.33 bits per heavy atom. The molecule has 0 aliphatic rings. The van der Waals surface area contributed by atoms with E-state index in [0.29, 0.717) is 15.0 Å². The summed E-state index contributed by atoms with van der Waals surface area (Å²) in [7, 11) is 0. The molecule has 0 saturated heterocycles. The Bertz CT molecular complexity index is 578. The highest BCUT2D eigenvalue weighted by atomic mass is 32.2. The maximum atomic E-state index is 10.9. The Morgan fingerprint density at radius 3 is 2.83 bits per heavy atom. The van der Waals surface area contributed by atoms with Gasteiger partial charge in [0.1, 0.15) is 4.21 Å². The lowest BCUT2D eigenvalue weighted by Gasteiger charge is -1.95. The first kappa shape index (κ1) is 13.0. The SMILES string of the molecule is Cc1nnc(Sc2sc([C@H](C)O)cc2[N+](=O)[O-])o1. The molecule has 0 fully saturated rings. The summed E-state index contributed by atoms with van der Waals surface area (Å²) in [6, 6.07) is 1.36. The molecule has 1 N–H and O–H groups in total. The lowest BCUT2D eigenvalue weighted by atomic mass is 10.3. The van der Waals surface area contributed by atoms with Crippen molar-refractivity contribution in [3.8, 4) is 0 Å². The third kappa shape index (κ3) is 2.68. The maximum Gasteiger partial charge on any atom is 0.294 e. The number of nitrogens with zero attached hydrogens (tertiary/aromatic N) is 3. The second-order valence-electron chi connectivity index (χ2n) is 3.44. The Labute approximate surface area is 110 Å². The minimum atomic E-state index is -0.743. The third-order valence-corrected chi connectivity index (χ3v) is 4.32. The number of nitro groups is 1. The van der Waals surface area contributed by atoms with E-state index in [9.17, 15) is 15.2 Å². The summed E-state index contributed by atoms with van der Waals surface area (Å²) in [4.78, 5) is 10.9. The molecule has 2 heterocycles. The van der Waals surface area contributed by atoms with Gasteiger partial charge in [-0.2, -0.15) is 0 Å². The van der Waals surface area contributed by atoms with Crippen molar-refractivity contribution in [2.75, 3.05) is 0 Å². The van der Waals surface area contributed by atoms with Crippen LogP contribution >= 0.6 is 23.1 Å². The highest BCUT2D eigenvalue weighted by Gasteiger charge is 2.23. The van der Waals surface area contributed by atoms with Crippen molar-refractivity contribution in [1.29, 1.82) is 0 Å². The van der Waals surface area contributed by atoms with Gasteiger partial charge in [-0.1, -0.05) is 0 Å². The highest BCUT2D eigenvalue weighted by Crippen LogP contribution is 2.42. The van der Waals surface area contributed by atoms with Crippen LogP contribution in [0.5, 0.6) is 0 Å². The van der Waals surface area contributed by atoms with Crippen LogP contribution in [-0.2, 0) is 0 Å². The predicted octanol–water partition coefficient (Wildman–Crippen LogP) is 2.55. The topological polar surface area (TPSA) is 102 Å². The average Bonchev–Trinajstić information content (AvgIpc) is 2.85. The smallest absolute Gasteiger partial charge is 0.294 e. The van der Waals surface area contributed by atoms with E-state index in [1.165, 1.54) is 6.07 Å². The summed E-state index contributed by atoms with van der Waals surface area (Å²) in [5.41, 5.74) is -0.0586. The fourth-order valence-corrected chi connectivity index (χ4v) is 3.29. The molecule has 7 nitrogen and oxygen atoms in total. The summed E-state index contributed by atoms with van der Waals surface area (Å²) in [5.74, 6) is 0.396.